The van der Waals surface area contributed by atoms with Crippen LogP contribution in [0.5, 0.6) is 0 Å². The van der Waals surface area contributed by atoms with Crippen molar-refractivity contribution in [1.82, 2.24) is 5.32 Å². The second-order valence-corrected chi connectivity index (χ2v) is 4.82. The average molecular weight is 239 g/mol. The molecule has 3 unspecified atom stereocenters. The highest BCUT2D eigenvalue weighted by Gasteiger charge is 2.26. The van der Waals surface area contributed by atoms with E-state index < -0.39 is 6.10 Å². The van der Waals surface area contributed by atoms with Crippen LogP contribution in [0.1, 0.15) is 31.1 Å². The second-order valence-electron chi connectivity index (χ2n) is 4.82. The first kappa shape index (κ1) is 12.6. The highest BCUT2D eigenvalue weighted by atomic mass is 16.4. The van der Waals surface area contributed by atoms with Gasteiger partial charge in [0.25, 0.3) is 0 Å². The van der Waals surface area contributed by atoms with E-state index in [0.717, 1.165) is 13.0 Å². The summed E-state index contributed by atoms with van der Waals surface area (Å²) in [6.07, 6.45) is 4.49. The molecule has 1 aliphatic rings. The van der Waals surface area contributed by atoms with Gasteiger partial charge in [-0.05, 0) is 43.4 Å². The summed E-state index contributed by atoms with van der Waals surface area (Å²) < 4.78 is 5.13. The molecule has 3 atom stereocenters. The summed E-state index contributed by atoms with van der Waals surface area (Å²) in [6.45, 7) is 1.65. The molecule has 0 spiro atoms. The van der Waals surface area contributed by atoms with Gasteiger partial charge in [-0.15, -0.1) is 0 Å². The van der Waals surface area contributed by atoms with E-state index in [9.17, 15) is 10.2 Å². The summed E-state index contributed by atoms with van der Waals surface area (Å²) in [4.78, 5) is 0. The predicted octanol–water partition coefficient (Wildman–Crippen LogP) is 1.31. The van der Waals surface area contributed by atoms with E-state index in [1.165, 1.54) is 12.8 Å². The molecular formula is C13H21NO3. The van der Waals surface area contributed by atoms with Gasteiger partial charge in [0.15, 0.2) is 0 Å². The van der Waals surface area contributed by atoms with Crippen LogP contribution in [-0.2, 0) is 0 Å². The molecule has 4 heteroatoms. The maximum Gasteiger partial charge on any atom is 0.133 e. The second kappa shape index (κ2) is 6.19. The molecule has 1 saturated carbocycles. The van der Waals surface area contributed by atoms with Crippen molar-refractivity contribution in [3.63, 3.8) is 0 Å². The van der Waals surface area contributed by atoms with Gasteiger partial charge in [-0.3, -0.25) is 0 Å². The molecule has 0 radical (unpaired) electrons. The Labute approximate surface area is 102 Å². The fourth-order valence-electron chi connectivity index (χ4n) is 2.61. The first-order valence-corrected chi connectivity index (χ1v) is 6.34. The molecule has 3 N–H and O–H groups in total. The Morgan fingerprint density at radius 1 is 1.41 bits per heavy atom. The van der Waals surface area contributed by atoms with E-state index in [-0.39, 0.29) is 6.61 Å². The van der Waals surface area contributed by atoms with Crippen molar-refractivity contribution in [2.24, 2.45) is 11.8 Å². The van der Waals surface area contributed by atoms with Crippen LogP contribution in [0.25, 0.3) is 0 Å². The zero-order valence-electron chi connectivity index (χ0n) is 10.0. The molecule has 1 aliphatic carbocycles. The molecule has 1 aromatic rings. The normalized spacial score (nSPS) is 26.2. The minimum Gasteiger partial charge on any atom is -0.467 e. The van der Waals surface area contributed by atoms with Crippen LogP contribution in [0.2, 0.25) is 0 Å². The van der Waals surface area contributed by atoms with Gasteiger partial charge in [-0.25, -0.2) is 0 Å². The van der Waals surface area contributed by atoms with Crippen molar-refractivity contribution in [2.75, 3.05) is 19.7 Å². The summed E-state index contributed by atoms with van der Waals surface area (Å²) in [5.74, 6) is 1.58. The van der Waals surface area contributed by atoms with Crippen LogP contribution >= 0.6 is 0 Å². The van der Waals surface area contributed by atoms with E-state index in [2.05, 4.69) is 5.32 Å². The fourth-order valence-corrected chi connectivity index (χ4v) is 2.61. The molecule has 0 amide bonds. The summed E-state index contributed by atoms with van der Waals surface area (Å²) in [5, 5.41) is 22.3. The van der Waals surface area contributed by atoms with Gasteiger partial charge in [0.05, 0.1) is 6.26 Å². The predicted molar refractivity (Wildman–Crippen MR) is 64.5 cm³/mol. The van der Waals surface area contributed by atoms with E-state index >= 15 is 0 Å². The van der Waals surface area contributed by atoms with Gasteiger partial charge in [0.1, 0.15) is 11.9 Å². The minimum absolute atomic E-state index is 0.285. The Bertz CT molecular complexity index is 312. The van der Waals surface area contributed by atoms with Gasteiger partial charge >= 0.3 is 0 Å². The van der Waals surface area contributed by atoms with E-state index in [1.54, 1.807) is 18.4 Å². The van der Waals surface area contributed by atoms with E-state index in [4.69, 9.17) is 4.42 Å². The zero-order valence-corrected chi connectivity index (χ0v) is 10.0. The third-order valence-corrected chi connectivity index (χ3v) is 3.67. The molecule has 1 aromatic heterocycles. The summed E-state index contributed by atoms with van der Waals surface area (Å²) in [5.41, 5.74) is 0. The molecule has 1 heterocycles. The smallest absolute Gasteiger partial charge is 0.133 e. The van der Waals surface area contributed by atoms with Gasteiger partial charge < -0.3 is 19.9 Å². The van der Waals surface area contributed by atoms with Crippen LogP contribution in [-0.4, -0.2) is 29.9 Å². The van der Waals surface area contributed by atoms with Crippen LogP contribution in [0.4, 0.5) is 0 Å². The maximum atomic E-state index is 9.80. The van der Waals surface area contributed by atoms with Crippen molar-refractivity contribution in [1.29, 1.82) is 0 Å². The van der Waals surface area contributed by atoms with Gasteiger partial charge in [0.2, 0.25) is 0 Å². The highest BCUT2D eigenvalue weighted by Crippen LogP contribution is 2.30. The fraction of sp³-hybridized carbons (Fsp3) is 0.692. The van der Waals surface area contributed by atoms with E-state index in [1.807, 2.05) is 0 Å². The van der Waals surface area contributed by atoms with Crippen LogP contribution in [0, 0.1) is 11.8 Å². The van der Waals surface area contributed by atoms with Crippen molar-refractivity contribution in [3.8, 4) is 0 Å². The SMILES string of the molecule is OCC1CCCC1CNCC(O)c1ccco1. The van der Waals surface area contributed by atoms with Crippen LogP contribution in [0.3, 0.4) is 0 Å². The lowest BCUT2D eigenvalue weighted by Gasteiger charge is -2.18. The van der Waals surface area contributed by atoms with Gasteiger partial charge in [0, 0.05) is 13.2 Å². The quantitative estimate of drug-likeness (QED) is 0.700. The third-order valence-electron chi connectivity index (χ3n) is 3.67. The molecule has 0 saturated heterocycles. The standard InChI is InChI=1S/C13H21NO3/c15-9-11-4-1-3-10(11)7-14-8-12(16)13-5-2-6-17-13/h2,5-6,10-12,14-16H,1,3-4,7-9H2. The summed E-state index contributed by atoms with van der Waals surface area (Å²) in [7, 11) is 0. The van der Waals surface area contributed by atoms with E-state index in [0.29, 0.717) is 24.1 Å². The Morgan fingerprint density at radius 2 is 2.24 bits per heavy atom. The number of hydrogen-bond acceptors (Lipinski definition) is 4. The number of aliphatic hydroxyl groups is 2. The molecule has 0 aromatic carbocycles. The number of rotatable bonds is 6. The first-order valence-electron chi connectivity index (χ1n) is 6.34. The Balaban J connectivity index is 1.69. The van der Waals surface area contributed by atoms with Crippen molar-refractivity contribution in [3.05, 3.63) is 24.2 Å². The lowest BCUT2D eigenvalue weighted by Crippen LogP contribution is -2.29. The molecule has 4 nitrogen and oxygen atoms in total. The number of aliphatic hydroxyl groups excluding tert-OH is 2. The molecule has 2 rings (SSSR count). The molecule has 0 bridgehead atoms. The highest BCUT2D eigenvalue weighted by molar-refractivity contribution is 5.02. The topological polar surface area (TPSA) is 65.6 Å². The third kappa shape index (κ3) is 3.31. The molecule has 96 valence electrons. The van der Waals surface area contributed by atoms with Gasteiger partial charge in [-0.1, -0.05) is 6.42 Å². The van der Waals surface area contributed by atoms with Crippen molar-refractivity contribution in [2.45, 2.75) is 25.4 Å². The van der Waals surface area contributed by atoms with Crippen LogP contribution < -0.4 is 5.32 Å². The Morgan fingerprint density at radius 3 is 2.94 bits per heavy atom. The molecule has 17 heavy (non-hydrogen) atoms. The number of nitrogens with one attached hydrogen (secondary N) is 1. The number of hydrogen-bond donors (Lipinski definition) is 3. The van der Waals surface area contributed by atoms with Crippen LogP contribution in [0.15, 0.2) is 22.8 Å². The molecular weight excluding hydrogens is 218 g/mol. The molecule has 1 fully saturated rings. The zero-order chi connectivity index (χ0) is 12.1. The summed E-state index contributed by atoms with van der Waals surface area (Å²) >= 11 is 0. The molecule has 0 aliphatic heterocycles. The lowest BCUT2D eigenvalue weighted by atomic mass is 9.97. The minimum atomic E-state index is -0.584. The largest absolute Gasteiger partial charge is 0.467 e. The van der Waals surface area contributed by atoms with Crippen molar-refractivity contribution < 1.29 is 14.6 Å². The Hall–Kier alpha value is -0.840. The first-order chi connectivity index (χ1) is 8.31. The lowest BCUT2D eigenvalue weighted by molar-refractivity contribution is 0.141. The average Bonchev–Trinajstić information content (AvgIpc) is 2.99. The Kier molecular flexibility index (Phi) is 4.59. The maximum absolute atomic E-state index is 9.80. The van der Waals surface area contributed by atoms with Gasteiger partial charge in [-0.2, -0.15) is 0 Å². The summed E-state index contributed by atoms with van der Waals surface area (Å²) in [6, 6.07) is 3.55. The monoisotopic (exact) mass is 239 g/mol. The van der Waals surface area contributed by atoms with Crippen molar-refractivity contribution >= 4 is 0 Å². The number of furan rings is 1.